The standard InChI is InChI=1S/C49H30N6/c1-29-25-38(42-21-17-33-12-10-31-8-4-24-51-45(31)47(33)54-42)28-39(26-29)43-22-18-35-14-13-34-16-20-41(53-48(34)49(35)55-43)37-6-2-5-36(27-37)40-19-15-32-11-9-30-7-3-23-50-44(30)46(32)52-40/h2-28H,1H3. The van der Waals surface area contributed by atoms with Gasteiger partial charge in [0.2, 0.25) is 0 Å². The van der Waals surface area contributed by atoms with Crippen LogP contribution in [-0.2, 0) is 0 Å². The molecule has 0 aliphatic rings. The minimum atomic E-state index is 0.868. The first-order chi connectivity index (χ1) is 27.1. The molecule has 0 aliphatic heterocycles. The van der Waals surface area contributed by atoms with E-state index in [1.165, 1.54) is 0 Å². The van der Waals surface area contributed by atoms with Crippen LogP contribution in [0.1, 0.15) is 5.56 Å². The Balaban J connectivity index is 0.992. The predicted molar refractivity (Wildman–Crippen MR) is 225 cm³/mol. The van der Waals surface area contributed by atoms with Crippen molar-refractivity contribution in [3.05, 3.63) is 170 Å². The number of benzene rings is 5. The highest BCUT2D eigenvalue weighted by Crippen LogP contribution is 2.34. The van der Waals surface area contributed by atoms with Crippen LogP contribution in [0.15, 0.2) is 164 Å². The molecule has 11 rings (SSSR count). The summed E-state index contributed by atoms with van der Waals surface area (Å²) in [6.07, 6.45) is 3.65. The third kappa shape index (κ3) is 5.34. The maximum atomic E-state index is 5.29. The summed E-state index contributed by atoms with van der Waals surface area (Å²) in [7, 11) is 0. The smallest absolute Gasteiger partial charge is 0.0972 e. The number of hydrogen-bond acceptors (Lipinski definition) is 6. The van der Waals surface area contributed by atoms with Gasteiger partial charge in [0.25, 0.3) is 0 Å². The van der Waals surface area contributed by atoms with E-state index in [4.69, 9.17) is 19.9 Å². The Hall–Kier alpha value is -7.44. The zero-order valence-corrected chi connectivity index (χ0v) is 29.8. The lowest BCUT2D eigenvalue weighted by molar-refractivity contribution is 1.34. The van der Waals surface area contributed by atoms with Crippen LogP contribution in [0.25, 0.3) is 110 Å². The highest BCUT2D eigenvalue weighted by atomic mass is 14.8. The predicted octanol–water partition coefficient (Wildman–Crippen LogP) is 12.0. The summed E-state index contributed by atoms with van der Waals surface area (Å²) < 4.78 is 0. The van der Waals surface area contributed by atoms with Crippen LogP contribution < -0.4 is 0 Å². The monoisotopic (exact) mass is 702 g/mol. The molecule has 0 amide bonds. The second-order valence-corrected chi connectivity index (χ2v) is 14.1. The van der Waals surface area contributed by atoms with Crippen molar-refractivity contribution in [1.82, 2.24) is 29.9 Å². The van der Waals surface area contributed by atoms with Crippen molar-refractivity contribution in [2.75, 3.05) is 0 Å². The van der Waals surface area contributed by atoms with Gasteiger partial charge in [-0.2, -0.15) is 0 Å². The third-order valence-electron chi connectivity index (χ3n) is 10.5. The summed E-state index contributed by atoms with van der Waals surface area (Å²) in [5.74, 6) is 0. The van der Waals surface area contributed by atoms with Gasteiger partial charge in [0.05, 0.1) is 55.9 Å². The van der Waals surface area contributed by atoms with Gasteiger partial charge >= 0.3 is 0 Å². The molecule has 0 saturated heterocycles. The fourth-order valence-electron chi connectivity index (χ4n) is 7.77. The number of aryl methyl sites for hydroxylation is 1. The molecule has 0 spiro atoms. The Morgan fingerprint density at radius 3 is 1.04 bits per heavy atom. The van der Waals surface area contributed by atoms with Gasteiger partial charge in [-0.3, -0.25) is 9.97 Å². The normalized spacial score (nSPS) is 11.7. The van der Waals surface area contributed by atoms with Gasteiger partial charge < -0.3 is 0 Å². The van der Waals surface area contributed by atoms with E-state index in [-0.39, 0.29) is 0 Å². The average molecular weight is 703 g/mol. The SMILES string of the molecule is Cc1cc(-c2ccc3ccc4cccnc4c3n2)cc(-c2ccc3ccc4ccc(-c5cccc(-c6ccc7ccc8cccnc8c7n6)c5)nc4c3n2)c1. The van der Waals surface area contributed by atoms with Crippen LogP contribution in [-0.4, -0.2) is 29.9 Å². The number of hydrogen-bond donors (Lipinski definition) is 0. The minimum Gasteiger partial charge on any atom is -0.254 e. The van der Waals surface area contributed by atoms with Gasteiger partial charge in [-0.25, -0.2) is 19.9 Å². The highest BCUT2D eigenvalue weighted by molar-refractivity contribution is 6.06. The van der Waals surface area contributed by atoms with Gasteiger partial charge in [0.1, 0.15) is 0 Å². The first-order valence-electron chi connectivity index (χ1n) is 18.3. The maximum Gasteiger partial charge on any atom is 0.0972 e. The quantitative estimate of drug-likeness (QED) is 0.170. The van der Waals surface area contributed by atoms with Gasteiger partial charge in [-0.1, -0.05) is 91.0 Å². The summed E-state index contributed by atoms with van der Waals surface area (Å²) in [6.45, 7) is 2.12. The van der Waals surface area contributed by atoms with Crippen LogP contribution in [0.2, 0.25) is 0 Å². The fourth-order valence-corrected chi connectivity index (χ4v) is 7.77. The number of fused-ring (bicyclic) bond motifs is 9. The second-order valence-electron chi connectivity index (χ2n) is 14.1. The van der Waals surface area contributed by atoms with Crippen LogP contribution in [0.3, 0.4) is 0 Å². The van der Waals surface area contributed by atoms with Crippen molar-refractivity contribution in [2.45, 2.75) is 6.92 Å². The van der Waals surface area contributed by atoms with E-state index in [9.17, 15) is 0 Å². The van der Waals surface area contributed by atoms with E-state index in [0.29, 0.717) is 0 Å². The molecule has 5 aromatic carbocycles. The Bertz CT molecular complexity index is 3350. The van der Waals surface area contributed by atoms with Gasteiger partial charge in [0, 0.05) is 67.0 Å². The van der Waals surface area contributed by atoms with E-state index in [1.54, 1.807) is 0 Å². The summed E-state index contributed by atoms with van der Waals surface area (Å²) in [4.78, 5) is 30.1. The number of pyridine rings is 6. The van der Waals surface area contributed by atoms with E-state index in [1.807, 2.05) is 24.5 Å². The van der Waals surface area contributed by atoms with Crippen molar-refractivity contribution in [3.8, 4) is 45.0 Å². The first-order valence-corrected chi connectivity index (χ1v) is 18.3. The first kappa shape index (κ1) is 31.1. The van der Waals surface area contributed by atoms with Crippen LogP contribution >= 0.6 is 0 Å². The lowest BCUT2D eigenvalue weighted by atomic mass is 10.00. The molecule has 256 valence electrons. The molecular formula is C49H30N6. The van der Waals surface area contributed by atoms with E-state index >= 15 is 0 Å². The molecule has 0 bridgehead atoms. The Labute approximate surface area is 315 Å². The number of aromatic nitrogens is 6. The van der Waals surface area contributed by atoms with E-state index in [0.717, 1.165) is 116 Å². The van der Waals surface area contributed by atoms with Crippen molar-refractivity contribution in [3.63, 3.8) is 0 Å². The highest BCUT2D eigenvalue weighted by Gasteiger charge is 2.13. The lowest BCUT2D eigenvalue weighted by Gasteiger charge is -2.11. The van der Waals surface area contributed by atoms with Crippen molar-refractivity contribution in [1.29, 1.82) is 0 Å². The molecule has 6 nitrogen and oxygen atoms in total. The van der Waals surface area contributed by atoms with E-state index < -0.39 is 0 Å². The lowest BCUT2D eigenvalue weighted by Crippen LogP contribution is -1.93. The molecule has 0 fully saturated rings. The summed E-state index contributed by atoms with van der Waals surface area (Å²) in [6, 6.07) is 52.6. The van der Waals surface area contributed by atoms with Crippen molar-refractivity contribution >= 4 is 65.4 Å². The molecule has 0 radical (unpaired) electrons. The molecule has 6 aromatic heterocycles. The minimum absolute atomic E-state index is 0.868. The van der Waals surface area contributed by atoms with Gasteiger partial charge in [0.15, 0.2) is 0 Å². The Morgan fingerprint density at radius 2 is 0.618 bits per heavy atom. The second kappa shape index (κ2) is 12.3. The summed E-state index contributed by atoms with van der Waals surface area (Å²) >= 11 is 0. The van der Waals surface area contributed by atoms with Gasteiger partial charge in [-0.05, 0) is 73.2 Å². The van der Waals surface area contributed by atoms with E-state index in [2.05, 4.69) is 156 Å². The molecule has 55 heavy (non-hydrogen) atoms. The topological polar surface area (TPSA) is 77.3 Å². The fraction of sp³-hybridized carbons (Fsp3) is 0.0204. The van der Waals surface area contributed by atoms with Crippen molar-refractivity contribution in [2.24, 2.45) is 0 Å². The zero-order chi connectivity index (χ0) is 36.5. The molecular weight excluding hydrogens is 673 g/mol. The maximum absolute atomic E-state index is 5.29. The van der Waals surface area contributed by atoms with Gasteiger partial charge in [-0.15, -0.1) is 0 Å². The average Bonchev–Trinajstić information content (AvgIpc) is 3.25. The summed E-state index contributed by atoms with van der Waals surface area (Å²) in [5.41, 5.74) is 14.2. The molecule has 0 aliphatic carbocycles. The van der Waals surface area contributed by atoms with Crippen LogP contribution in [0.5, 0.6) is 0 Å². The van der Waals surface area contributed by atoms with Crippen LogP contribution in [0, 0.1) is 6.92 Å². The largest absolute Gasteiger partial charge is 0.254 e. The molecule has 6 heteroatoms. The molecule has 11 aromatic rings. The molecule has 0 N–H and O–H groups in total. The molecule has 6 heterocycles. The zero-order valence-electron chi connectivity index (χ0n) is 29.8. The number of nitrogens with zero attached hydrogens (tertiary/aromatic N) is 6. The molecule has 0 unspecified atom stereocenters. The van der Waals surface area contributed by atoms with Crippen molar-refractivity contribution < 1.29 is 0 Å². The molecule has 0 atom stereocenters. The summed E-state index contributed by atoms with van der Waals surface area (Å²) in [5, 5.41) is 6.38. The number of rotatable bonds is 4. The molecule has 0 saturated carbocycles. The third-order valence-corrected chi connectivity index (χ3v) is 10.5. The Morgan fingerprint density at radius 1 is 0.291 bits per heavy atom. The van der Waals surface area contributed by atoms with Crippen LogP contribution in [0.4, 0.5) is 0 Å². The Kier molecular flexibility index (Phi) is 6.97.